The molecule has 0 saturated carbocycles. The number of nitrogens with one attached hydrogen (secondary N) is 1. The molecule has 1 aromatic carbocycles. The number of carbonyl (C=O) groups excluding carboxylic acids is 1. The molecule has 1 amide bonds. The molecular formula is C14H22N2O4S. The van der Waals surface area contributed by atoms with Crippen molar-refractivity contribution in [1.82, 2.24) is 5.32 Å². The zero-order valence-electron chi connectivity index (χ0n) is 12.5. The van der Waals surface area contributed by atoms with Gasteiger partial charge in [-0.15, -0.1) is 0 Å². The number of benzene rings is 1. The molecule has 0 bridgehead atoms. The standard InChI is InChI=1S/C14H22N2O4S/c1-4-14(2,20-3)13(17)16-10-9-11-5-7-12(8-6-11)21(15,18)19/h5-8H,4,9-10H2,1-3H3,(H,16,17)(H2,15,18,19). The molecule has 21 heavy (non-hydrogen) atoms. The topological polar surface area (TPSA) is 98.5 Å². The van der Waals surface area contributed by atoms with Crippen LogP contribution in [0.25, 0.3) is 0 Å². The first-order chi connectivity index (χ1) is 9.73. The summed E-state index contributed by atoms with van der Waals surface area (Å²) in [7, 11) is -2.16. The average molecular weight is 314 g/mol. The predicted molar refractivity (Wildman–Crippen MR) is 80.2 cm³/mol. The zero-order valence-corrected chi connectivity index (χ0v) is 13.4. The Bertz CT molecular complexity index is 577. The highest BCUT2D eigenvalue weighted by Gasteiger charge is 2.30. The summed E-state index contributed by atoms with van der Waals surface area (Å²) in [6.07, 6.45) is 1.18. The Kier molecular flexibility index (Phi) is 5.88. The first kappa shape index (κ1) is 17.6. The predicted octanol–water partition coefficient (Wildman–Crippen LogP) is 0.808. The first-order valence-electron chi connectivity index (χ1n) is 6.68. The highest BCUT2D eigenvalue weighted by atomic mass is 32.2. The summed E-state index contributed by atoms with van der Waals surface area (Å²) in [6, 6.07) is 6.28. The number of methoxy groups -OCH3 is 1. The van der Waals surface area contributed by atoms with Gasteiger partial charge >= 0.3 is 0 Å². The van der Waals surface area contributed by atoms with Crippen LogP contribution in [0.2, 0.25) is 0 Å². The van der Waals surface area contributed by atoms with Gasteiger partial charge in [0.1, 0.15) is 5.60 Å². The molecule has 0 aliphatic heterocycles. The number of hydrogen-bond donors (Lipinski definition) is 2. The van der Waals surface area contributed by atoms with Crippen molar-refractivity contribution in [3.8, 4) is 0 Å². The Morgan fingerprint density at radius 2 is 1.90 bits per heavy atom. The summed E-state index contributed by atoms with van der Waals surface area (Å²) < 4.78 is 27.5. The minimum atomic E-state index is -3.67. The largest absolute Gasteiger partial charge is 0.369 e. The number of ether oxygens (including phenoxy) is 1. The second kappa shape index (κ2) is 7.02. The maximum Gasteiger partial charge on any atom is 0.251 e. The third-order valence-corrected chi connectivity index (χ3v) is 4.49. The van der Waals surface area contributed by atoms with Gasteiger partial charge in [-0.25, -0.2) is 13.6 Å². The molecule has 0 aromatic heterocycles. The lowest BCUT2D eigenvalue weighted by molar-refractivity contribution is -0.141. The van der Waals surface area contributed by atoms with Crippen molar-refractivity contribution in [3.05, 3.63) is 29.8 Å². The smallest absolute Gasteiger partial charge is 0.251 e. The summed E-state index contributed by atoms with van der Waals surface area (Å²) in [5, 5.41) is 7.84. The molecule has 1 unspecified atom stereocenters. The van der Waals surface area contributed by atoms with Crippen molar-refractivity contribution in [2.45, 2.75) is 37.2 Å². The summed E-state index contributed by atoms with van der Waals surface area (Å²) in [5.74, 6) is -0.159. The van der Waals surface area contributed by atoms with Crippen LogP contribution in [-0.4, -0.2) is 33.6 Å². The Morgan fingerprint density at radius 3 is 2.33 bits per heavy atom. The molecule has 0 aliphatic rings. The summed E-state index contributed by atoms with van der Waals surface area (Å²) in [5.41, 5.74) is 0.0932. The van der Waals surface area contributed by atoms with Gasteiger partial charge in [0.05, 0.1) is 4.90 Å². The van der Waals surface area contributed by atoms with Crippen LogP contribution in [0.3, 0.4) is 0 Å². The van der Waals surface area contributed by atoms with E-state index in [2.05, 4.69) is 5.32 Å². The molecule has 1 rings (SSSR count). The molecule has 118 valence electrons. The second-order valence-electron chi connectivity index (χ2n) is 4.98. The minimum absolute atomic E-state index is 0.0771. The van der Waals surface area contributed by atoms with E-state index in [1.165, 1.54) is 19.2 Å². The van der Waals surface area contributed by atoms with E-state index >= 15 is 0 Å². The molecule has 7 heteroatoms. The van der Waals surface area contributed by atoms with E-state index < -0.39 is 15.6 Å². The number of amides is 1. The van der Waals surface area contributed by atoms with E-state index in [9.17, 15) is 13.2 Å². The SMILES string of the molecule is CCC(C)(OC)C(=O)NCCc1ccc(S(N)(=O)=O)cc1. The molecule has 0 heterocycles. The lowest BCUT2D eigenvalue weighted by atomic mass is 10.0. The van der Waals surface area contributed by atoms with Gasteiger partial charge in [-0.3, -0.25) is 4.79 Å². The molecule has 1 aromatic rings. The Balaban J connectivity index is 2.55. The number of nitrogens with two attached hydrogens (primary N) is 1. The van der Waals surface area contributed by atoms with Crippen molar-refractivity contribution >= 4 is 15.9 Å². The third kappa shape index (κ3) is 4.80. The lowest BCUT2D eigenvalue weighted by Crippen LogP contribution is -2.46. The zero-order chi connectivity index (χ0) is 16.1. The summed E-state index contributed by atoms with van der Waals surface area (Å²) >= 11 is 0. The van der Waals surface area contributed by atoms with Crippen LogP contribution in [0, 0.1) is 0 Å². The van der Waals surface area contributed by atoms with Crippen LogP contribution >= 0.6 is 0 Å². The van der Waals surface area contributed by atoms with Crippen LogP contribution in [0.15, 0.2) is 29.2 Å². The van der Waals surface area contributed by atoms with E-state index in [-0.39, 0.29) is 10.8 Å². The lowest BCUT2D eigenvalue weighted by Gasteiger charge is -2.25. The first-order valence-corrected chi connectivity index (χ1v) is 8.23. The maximum atomic E-state index is 12.0. The second-order valence-corrected chi connectivity index (χ2v) is 6.54. The van der Waals surface area contributed by atoms with E-state index in [1.54, 1.807) is 19.1 Å². The maximum absolute atomic E-state index is 12.0. The van der Waals surface area contributed by atoms with Crippen LogP contribution in [0.1, 0.15) is 25.8 Å². The van der Waals surface area contributed by atoms with Gasteiger partial charge in [-0.2, -0.15) is 0 Å². The van der Waals surface area contributed by atoms with E-state index in [4.69, 9.17) is 9.88 Å². The molecule has 6 nitrogen and oxygen atoms in total. The Morgan fingerprint density at radius 1 is 1.33 bits per heavy atom. The molecular weight excluding hydrogens is 292 g/mol. The number of sulfonamides is 1. The molecule has 0 aliphatic carbocycles. The van der Waals surface area contributed by atoms with Gasteiger partial charge in [0.15, 0.2) is 0 Å². The van der Waals surface area contributed by atoms with Crippen molar-refractivity contribution in [1.29, 1.82) is 0 Å². The van der Waals surface area contributed by atoms with Crippen LogP contribution in [0.4, 0.5) is 0 Å². The summed E-state index contributed by atoms with van der Waals surface area (Å²) in [6.45, 7) is 4.07. The monoisotopic (exact) mass is 314 g/mol. The van der Waals surface area contributed by atoms with Crippen molar-refractivity contribution < 1.29 is 17.9 Å². The molecule has 3 N–H and O–H groups in total. The molecule has 0 spiro atoms. The number of rotatable bonds is 7. The van der Waals surface area contributed by atoms with Gasteiger partial charge in [0.25, 0.3) is 5.91 Å². The van der Waals surface area contributed by atoms with Crippen molar-refractivity contribution in [2.24, 2.45) is 5.14 Å². The number of hydrogen-bond acceptors (Lipinski definition) is 4. The average Bonchev–Trinajstić information content (AvgIpc) is 2.45. The molecule has 0 saturated heterocycles. The highest BCUT2D eigenvalue weighted by molar-refractivity contribution is 7.89. The number of carbonyl (C=O) groups is 1. The fourth-order valence-electron chi connectivity index (χ4n) is 1.75. The van der Waals surface area contributed by atoms with E-state index in [0.717, 1.165) is 5.56 Å². The Hall–Kier alpha value is -1.44. The van der Waals surface area contributed by atoms with Crippen LogP contribution in [-0.2, 0) is 26.0 Å². The fraction of sp³-hybridized carbons (Fsp3) is 0.500. The highest BCUT2D eigenvalue weighted by Crippen LogP contribution is 2.14. The van der Waals surface area contributed by atoms with Crippen LogP contribution < -0.4 is 10.5 Å². The van der Waals surface area contributed by atoms with Gasteiger partial charge in [0.2, 0.25) is 10.0 Å². The van der Waals surface area contributed by atoms with E-state index in [1.807, 2.05) is 6.92 Å². The van der Waals surface area contributed by atoms with Gasteiger partial charge in [-0.05, 0) is 37.5 Å². The molecule has 1 atom stereocenters. The quantitative estimate of drug-likeness (QED) is 0.778. The molecule has 0 fully saturated rings. The van der Waals surface area contributed by atoms with Gasteiger partial charge in [-0.1, -0.05) is 19.1 Å². The van der Waals surface area contributed by atoms with Crippen molar-refractivity contribution in [2.75, 3.05) is 13.7 Å². The Labute approximate surface area is 125 Å². The fourth-order valence-corrected chi connectivity index (χ4v) is 2.27. The number of primary sulfonamides is 1. The van der Waals surface area contributed by atoms with Gasteiger partial charge < -0.3 is 10.1 Å². The normalized spacial score (nSPS) is 14.5. The molecule has 0 radical (unpaired) electrons. The van der Waals surface area contributed by atoms with E-state index in [0.29, 0.717) is 19.4 Å². The van der Waals surface area contributed by atoms with Gasteiger partial charge in [0, 0.05) is 13.7 Å². The minimum Gasteiger partial charge on any atom is -0.369 e. The van der Waals surface area contributed by atoms with Crippen molar-refractivity contribution in [3.63, 3.8) is 0 Å². The third-order valence-electron chi connectivity index (χ3n) is 3.56. The van der Waals surface area contributed by atoms with Crippen LogP contribution in [0.5, 0.6) is 0 Å². The summed E-state index contributed by atoms with van der Waals surface area (Å²) in [4.78, 5) is 12.0.